The van der Waals surface area contributed by atoms with Gasteiger partial charge < -0.3 is 0 Å². The minimum absolute atomic E-state index is 0.0499. The van der Waals surface area contributed by atoms with E-state index in [1.165, 1.54) is 6.42 Å². The molecule has 68 valence electrons. The molecule has 12 heavy (non-hydrogen) atoms. The quantitative estimate of drug-likeness (QED) is 0.599. The van der Waals surface area contributed by atoms with Crippen molar-refractivity contribution < 1.29 is 0 Å². The van der Waals surface area contributed by atoms with Gasteiger partial charge in [0, 0.05) is 0 Å². The SMILES string of the molecule is CCC(C)C1(C)CC=C(C)N=N1. The fourth-order valence-electron chi connectivity index (χ4n) is 1.37. The van der Waals surface area contributed by atoms with E-state index in [1.54, 1.807) is 0 Å². The molecule has 0 fully saturated rings. The smallest absolute Gasteiger partial charge is 0.0852 e. The molecule has 0 aliphatic carbocycles. The average molecular weight is 166 g/mol. The summed E-state index contributed by atoms with van der Waals surface area (Å²) in [6, 6.07) is 0. The van der Waals surface area contributed by atoms with E-state index in [2.05, 4.69) is 37.1 Å². The molecule has 0 aromatic heterocycles. The van der Waals surface area contributed by atoms with Crippen LogP contribution in [-0.4, -0.2) is 5.54 Å². The van der Waals surface area contributed by atoms with Gasteiger partial charge in [0.25, 0.3) is 0 Å². The summed E-state index contributed by atoms with van der Waals surface area (Å²) >= 11 is 0. The Hall–Kier alpha value is -0.660. The zero-order valence-corrected chi connectivity index (χ0v) is 8.46. The van der Waals surface area contributed by atoms with Crippen molar-refractivity contribution in [1.29, 1.82) is 0 Å². The number of hydrogen-bond acceptors (Lipinski definition) is 2. The van der Waals surface area contributed by atoms with Crippen molar-refractivity contribution in [2.24, 2.45) is 16.1 Å². The predicted octanol–water partition coefficient (Wildman–Crippen LogP) is 3.55. The predicted molar refractivity (Wildman–Crippen MR) is 51.1 cm³/mol. The maximum absolute atomic E-state index is 4.37. The molecule has 1 aliphatic heterocycles. The van der Waals surface area contributed by atoms with Crippen molar-refractivity contribution in [3.05, 3.63) is 11.8 Å². The van der Waals surface area contributed by atoms with Crippen LogP contribution in [0.5, 0.6) is 0 Å². The molecular weight excluding hydrogens is 148 g/mol. The van der Waals surface area contributed by atoms with Crippen LogP contribution in [0.15, 0.2) is 22.0 Å². The summed E-state index contributed by atoms with van der Waals surface area (Å²) in [7, 11) is 0. The van der Waals surface area contributed by atoms with E-state index in [1.807, 2.05) is 6.92 Å². The van der Waals surface area contributed by atoms with E-state index in [0.29, 0.717) is 5.92 Å². The number of rotatable bonds is 2. The lowest BCUT2D eigenvalue weighted by atomic mass is 9.82. The van der Waals surface area contributed by atoms with Gasteiger partial charge in [-0.25, -0.2) is 0 Å². The molecule has 0 saturated heterocycles. The zero-order chi connectivity index (χ0) is 9.19. The zero-order valence-electron chi connectivity index (χ0n) is 8.46. The molecule has 0 radical (unpaired) electrons. The van der Waals surface area contributed by atoms with E-state index in [4.69, 9.17) is 0 Å². The Morgan fingerprint density at radius 2 is 2.33 bits per heavy atom. The van der Waals surface area contributed by atoms with Crippen molar-refractivity contribution >= 4 is 0 Å². The first kappa shape index (κ1) is 9.43. The van der Waals surface area contributed by atoms with Crippen molar-refractivity contribution in [3.8, 4) is 0 Å². The summed E-state index contributed by atoms with van der Waals surface area (Å²) < 4.78 is 0. The second-order valence-electron chi connectivity index (χ2n) is 3.92. The van der Waals surface area contributed by atoms with Crippen LogP contribution in [0.4, 0.5) is 0 Å². The Labute approximate surface area is 74.8 Å². The van der Waals surface area contributed by atoms with Crippen molar-refractivity contribution in [3.63, 3.8) is 0 Å². The van der Waals surface area contributed by atoms with Crippen molar-refractivity contribution in [2.75, 3.05) is 0 Å². The van der Waals surface area contributed by atoms with Crippen LogP contribution >= 0.6 is 0 Å². The molecule has 2 heteroatoms. The lowest BCUT2D eigenvalue weighted by Crippen LogP contribution is -2.30. The molecule has 0 N–H and O–H groups in total. The molecule has 0 aromatic rings. The molecular formula is C10H18N2. The third-order valence-electron chi connectivity index (χ3n) is 2.92. The normalized spacial score (nSPS) is 31.5. The van der Waals surface area contributed by atoms with Gasteiger partial charge >= 0.3 is 0 Å². The molecule has 0 bridgehead atoms. The minimum atomic E-state index is 0.0499. The molecule has 1 aliphatic rings. The van der Waals surface area contributed by atoms with Gasteiger partial charge in [0.2, 0.25) is 0 Å². The maximum atomic E-state index is 4.37. The number of hydrogen-bond donors (Lipinski definition) is 0. The lowest BCUT2D eigenvalue weighted by molar-refractivity contribution is 0.294. The molecule has 2 nitrogen and oxygen atoms in total. The summed E-state index contributed by atoms with van der Waals surface area (Å²) in [6.07, 6.45) is 4.39. The van der Waals surface area contributed by atoms with Crippen LogP contribution in [0.1, 0.15) is 40.5 Å². The molecule has 1 heterocycles. The van der Waals surface area contributed by atoms with Gasteiger partial charge in [-0.3, -0.25) is 0 Å². The Morgan fingerprint density at radius 3 is 2.75 bits per heavy atom. The lowest BCUT2D eigenvalue weighted by Gasteiger charge is -2.30. The Morgan fingerprint density at radius 1 is 1.67 bits per heavy atom. The van der Waals surface area contributed by atoms with E-state index in [9.17, 15) is 0 Å². The van der Waals surface area contributed by atoms with Crippen LogP contribution in [0.25, 0.3) is 0 Å². The van der Waals surface area contributed by atoms with Crippen LogP contribution in [0.3, 0.4) is 0 Å². The summed E-state index contributed by atoms with van der Waals surface area (Å²) in [6.45, 7) is 8.64. The monoisotopic (exact) mass is 166 g/mol. The largest absolute Gasteiger partial charge is 0.182 e. The molecule has 0 amide bonds. The fourth-order valence-corrected chi connectivity index (χ4v) is 1.37. The van der Waals surface area contributed by atoms with Crippen molar-refractivity contribution in [1.82, 2.24) is 0 Å². The van der Waals surface area contributed by atoms with E-state index in [-0.39, 0.29) is 5.54 Å². The Balaban J connectivity index is 2.71. The molecule has 0 saturated carbocycles. The van der Waals surface area contributed by atoms with Gasteiger partial charge in [-0.1, -0.05) is 26.3 Å². The minimum Gasteiger partial charge on any atom is -0.182 e. The molecule has 2 unspecified atom stereocenters. The second kappa shape index (κ2) is 3.38. The highest BCUT2D eigenvalue weighted by atomic mass is 15.2. The summed E-state index contributed by atoms with van der Waals surface area (Å²) in [4.78, 5) is 0. The van der Waals surface area contributed by atoms with Gasteiger partial charge in [-0.15, -0.1) is 0 Å². The third-order valence-corrected chi connectivity index (χ3v) is 2.92. The standard InChI is InChI=1S/C10H18N2/c1-5-8(2)10(4)7-6-9(3)11-12-10/h6,8H,5,7H2,1-4H3. The Kier molecular flexibility index (Phi) is 2.65. The highest BCUT2D eigenvalue weighted by Gasteiger charge is 2.30. The highest BCUT2D eigenvalue weighted by Crippen LogP contribution is 2.32. The first-order chi connectivity index (χ1) is 5.58. The third kappa shape index (κ3) is 1.74. The van der Waals surface area contributed by atoms with Gasteiger partial charge in [0.15, 0.2) is 0 Å². The molecule has 1 rings (SSSR count). The van der Waals surface area contributed by atoms with Gasteiger partial charge in [0.05, 0.1) is 11.2 Å². The second-order valence-corrected chi connectivity index (χ2v) is 3.92. The van der Waals surface area contributed by atoms with E-state index >= 15 is 0 Å². The maximum Gasteiger partial charge on any atom is 0.0852 e. The number of azo groups is 1. The van der Waals surface area contributed by atoms with E-state index in [0.717, 1.165) is 12.1 Å². The number of allylic oxidation sites excluding steroid dienone is 1. The van der Waals surface area contributed by atoms with Crippen LogP contribution in [-0.2, 0) is 0 Å². The van der Waals surface area contributed by atoms with Gasteiger partial charge in [-0.2, -0.15) is 10.2 Å². The Bertz CT molecular complexity index is 218. The number of nitrogens with zero attached hydrogens (tertiary/aromatic N) is 2. The summed E-state index contributed by atoms with van der Waals surface area (Å²) in [5, 5.41) is 8.51. The summed E-state index contributed by atoms with van der Waals surface area (Å²) in [5.74, 6) is 0.616. The molecule has 2 atom stereocenters. The van der Waals surface area contributed by atoms with Crippen LogP contribution in [0.2, 0.25) is 0 Å². The summed E-state index contributed by atoms with van der Waals surface area (Å²) in [5.41, 5.74) is 1.10. The van der Waals surface area contributed by atoms with Crippen LogP contribution < -0.4 is 0 Å². The van der Waals surface area contributed by atoms with E-state index < -0.39 is 0 Å². The van der Waals surface area contributed by atoms with Crippen LogP contribution in [0, 0.1) is 5.92 Å². The van der Waals surface area contributed by atoms with Crippen molar-refractivity contribution in [2.45, 2.75) is 46.1 Å². The molecule has 0 spiro atoms. The first-order valence-corrected chi connectivity index (χ1v) is 4.68. The van der Waals surface area contributed by atoms with Gasteiger partial charge in [-0.05, 0) is 26.2 Å². The highest BCUT2D eigenvalue weighted by molar-refractivity contribution is 5.06. The first-order valence-electron chi connectivity index (χ1n) is 4.68. The topological polar surface area (TPSA) is 24.7 Å². The average Bonchev–Trinajstić information content (AvgIpc) is 2.09. The molecule has 0 aromatic carbocycles. The fraction of sp³-hybridized carbons (Fsp3) is 0.800. The van der Waals surface area contributed by atoms with Gasteiger partial charge in [0.1, 0.15) is 0 Å².